The molecule has 0 aromatic heterocycles. The Morgan fingerprint density at radius 2 is 2.08 bits per heavy atom. The van der Waals surface area contributed by atoms with E-state index in [0.29, 0.717) is 10.2 Å². The van der Waals surface area contributed by atoms with Crippen LogP contribution in [0.4, 0.5) is 0 Å². The molecule has 0 N–H and O–H groups in total. The minimum absolute atomic E-state index is 0.243. The number of aryl methyl sites for hydroxylation is 1. The van der Waals surface area contributed by atoms with Gasteiger partial charge in [-0.3, -0.25) is 0 Å². The standard InChI is InChI=1S/C10H10OS2/c1-7-4-3-5-9-6-8(2)13(12-11)10(7)9/h3-6H,1-2H3. The summed E-state index contributed by atoms with van der Waals surface area (Å²) < 4.78 is 10.9. The predicted molar refractivity (Wildman–Crippen MR) is 58.6 cm³/mol. The van der Waals surface area contributed by atoms with Gasteiger partial charge in [-0.25, -0.2) is 4.21 Å². The normalized spacial score (nSPS) is 19.5. The molecule has 3 heteroatoms. The van der Waals surface area contributed by atoms with E-state index in [2.05, 4.69) is 25.1 Å². The summed E-state index contributed by atoms with van der Waals surface area (Å²) in [5.41, 5.74) is 2.46. The number of fused-ring (bicyclic) bond motifs is 1. The molecule has 1 unspecified atom stereocenters. The molecule has 2 rings (SSSR count). The summed E-state index contributed by atoms with van der Waals surface area (Å²) >= 11 is 0. The topological polar surface area (TPSA) is 17.1 Å². The lowest BCUT2D eigenvalue weighted by Crippen LogP contribution is -1.91. The number of allylic oxidation sites excluding steroid dienone is 1. The first-order valence-corrected chi connectivity index (χ1v) is 6.55. The molecule has 1 atom stereocenters. The van der Waals surface area contributed by atoms with Crippen LogP contribution >= 0.6 is 0 Å². The van der Waals surface area contributed by atoms with Crippen LogP contribution in [-0.2, 0) is 19.7 Å². The molecule has 13 heavy (non-hydrogen) atoms. The molecular formula is C10H10OS2. The highest BCUT2D eigenvalue weighted by Crippen LogP contribution is 2.31. The van der Waals surface area contributed by atoms with E-state index < -0.39 is 0 Å². The summed E-state index contributed by atoms with van der Waals surface area (Å²) in [7, 11) is 0.464. The minimum atomic E-state index is -0.243. The molecule has 0 saturated carbocycles. The first kappa shape index (κ1) is 8.91. The molecule has 1 heterocycles. The summed E-state index contributed by atoms with van der Waals surface area (Å²) in [5, 5.41) is 0. The Hall–Kier alpha value is -0.670. The van der Waals surface area contributed by atoms with E-state index in [1.807, 2.05) is 13.0 Å². The average Bonchev–Trinajstić information content (AvgIpc) is 2.42. The molecule has 0 amide bonds. The molecule has 0 saturated heterocycles. The van der Waals surface area contributed by atoms with E-state index in [1.54, 1.807) is 0 Å². The van der Waals surface area contributed by atoms with Crippen molar-refractivity contribution in [2.75, 3.05) is 0 Å². The van der Waals surface area contributed by atoms with Gasteiger partial charge in [-0.1, -0.05) is 18.2 Å². The van der Waals surface area contributed by atoms with Crippen molar-refractivity contribution in [3.05, 3.63) is 34.2 Å². The van der Waals surface area contributed by atoms with Crippen molar-refractivity contribution >= 4 is 25.8 Å². The molecule has 0 bridgehead atoms. The Balaban J connectivity index is 2.79. The van der Waals surface area contributed by atoms with Crippen LogP contribution in [-0.4, -0.2) is 4.21 Å². The molecule has 1 aliphatic rings. The third kappa shape index (κ3) is 1.32. The predicted octanol–water partition coefficient (Wildman–Crippen LogP) is 2.47. The number of hydrogen-bond acceptors (Lipinski definition) is 1. The highest BCUT2D eigenvalue weighted by atomic mass is 32.8. The van der Waals surface area contributed by atoms with Crippen molar-refractivity contribution in [2.45, 2.75) is 18.7 Å². The van der Waals surface area contributed by atoms with E-state index in [0.717, 1.165) is 0 Å². The van der Waals surface area contributed by atoms with Crippen LogP contribution in [0, 0.1) is 6.92 Å². The van der Waals surface area contributed by atoms with E-state index >= 15 is 0 Å². The van der Waals surface area contributed by atoms with Gasteiger partial charge in [-0.05, 0) is 45.4 Å². The smallest absolute Gasteiger partial charge is 0.130 e. The maximum atomic E-state index is 10.9. The second-order valence-electron chi connectivity index (χ2n) is 3.09. The van der Waals surface area contributed by atoms with Gasteiger partial charge in [-0.15, -0.1) is 0 Å². The zero-order valence-electron chi connectivity index (χ0n) is 7.53. The van der Waals surface area contributed by atoms with Crippen molar-refractivity contribution in [3.63, 3.8) is 0 Å². The molecule has 68 valence electrons. The SMILES string of the molecule is CC1=Cc2cccc(C)c2S1=S=O. The zero-order chi connectivity index (χ0) is 9.42. The van der Waals surface area contributed by atoms with E-state index in [9.17, 15) is 4.21 Å². The Labute approximate surface area is 83.1 Å². The van der Waals surface area contributed by atoms with Crippen LogP contribution in [0.5, 0.6) is 0 Å². The van der Waals surface area contributed by atoms with Crippen molar-refractivity contribution in [2.24, 2.45) is 0 Å². The largest absolute Gasteiger partial charge is 0.205 e. The van der Waals surface area contributed by atoms with E-state index in [4.69, 9.17) is 0 Å². The van der Waals surface area contributed by atoms with Gasteiger partial charge in [0.25, 0.3) is 0 Å². The molecule has 0 spiro atoms. The molecule has 1 aromatic rings. The van der Waals surface area contributed by atoms with Gasteiger partial charge < -0.3 is 0 Å². The second kappa shape index (κ2) is 3.24. The fourth-order valence-electron chi connectivity index (χ4n) is 1.56. The molecular weight excluding hydrogens is 200 g/mol. The molecule has 1 aromatic carbocycles. The molecule has 0 aliphatic carbocycles. The maximum Gasteiger partial charge on any atom is 0.130 e. The number of rotatable bonds is 0. The molecule has 0 radical (unpaired) electrons. The summed E-state index contributed by atoms with van der Waals surface area (Å²) in [4.78, 5) is 2.43. The quantitative estimate of drug-likeness (QED) is 0.643. The van der Waals surface area contributed by atoms with Crippen LogP contribution in [0.15, 0.2) is 28.0 Å². The fraction of sp³-hybridized carbons (Fsp3) is 0.200. The highest BCUT2D eigenvalue weighted by Gasteiger charge is 2.16. The van der Waals surface area contributed by atoms with Gasteiger partial charge in [0.05, 0.1) is 0 Å². The summed E-state index contributed by atoms with van der Waals surface area (Å²) in [5.74, 6) is 0. The second-order valence-corrected chi connectivity index (χ2v) is 6.22. The Morgan fingerprint density at radius 1 is 1.31 bits per heavy atom. The van der Waals surface area contributed by atoms with Crippen LogP contribution < -0.4 is 0 Å². The first-order chi connectivity index (χ1) is 6.24. The van der Waals surface area contributed by atoms with Gasteiger partial charge in [-0.2, -0.15) is 0 Å². The minimum Gasteiger partial charge on any atom is -0.205 e. The van der Waals surface area contributed by atoms with Crippen molar-refractivity contribution < 1.29 is 4.21 Å². The Morgan fingerprint density at radius 3 is 2.77 bits per heavy atom. The van der Waals surface area contributed by atoms with Gasteiger partial charge >= 0.3 is 0 Å². The van der Waals surface area contributed by atoms with Crippen molar-refractivity contribution in [3.8, 4) is 0 Å². The number of benzene rings is 1. The summed E-state index contributed by atoms with van der Waals surface area (Å²) in [6, 6.07) is 6.19. The third-order valence-electron chi connectivity index (χ3n) is 2.15. The maximum absolute atomic E-state index is 10.9. The zero-order valence-corrected chi connectivity index (χ0v) is 9.17. The molecule has 1 nitrogen and oxygen atoms in total. The summed E-state index contributed by atoms with van der Waals surface area (Å²) in [6.45, 7) is 4.11. The van der Waals surface area contributed by atoms with Crippen LogP contribution in [0.25, 0.3) is 6.08 Å². The monoisotopic (exact) mass is 210 g/mol. The Bertz CT molecular complexity index is 454. The van der Waals surface area contributed by atoms with Gasteiger partial charge in [0.1, 0.15) is 10.2 Å². The molecule has 0 fully saturated rings. The Kier molecular flexibility index (Phi) is 2.22. The van der Waals surface area contributed by atoms with E-state index in [1.165, 1.54) is 20.9 Å². The van der Waals surface area contributed by atoms with Gasteiger partial charge in [0, 0.05) is 4.90 Å². The van der Waals surface area contributed by atoms with Crippen molar-refractivity contribution in [1.29, 1.82) is 0 Å². The highest BCUT2D eigenvalue weighted by molar-refractivity contribution is 8.33. The van der Waals surface area contributed by atoms with Crippen LogP contribution in [0.3, 0.4) is 0 Å². The van der Waals surface area contributed by atoms with E-state index in [-0.39, 0.29) is 9.45 Å². The van der Waals surface area contributed by atoms with Gasteiger partial charge in [0.2, 0.25) is 0 Å². The molecule has 1 aliphatic heterocycles. The lowest BCUT2D eigenvalue weighted by atomic mass is 10.1. The summed E-state index contributed by atoms with van der Waals surface area (Å²) in [6.07, 6.45) is 2.12. The average molecular weight is 210 g/mol. The third-order valence-corrected chi connectivity index (χ3v) is 5.61. The van der Waals surface area contributed by atoms with Crippen LogP contribution in [0.1, 0.15) is 18.1 Å². The van der Waals surface area contributed by atoms with Crippen LogP contribution in [0.2, 0.25) is 0 Å². The lowest BCUT2D eigenvalue weighted by molar-refractivity contribution is 0.701. The fourth-order valence-corrected chi connectivity index (χ4v) is 4.35. The van der Waals surface area contributed by atoms with Gasteiger partial charge in [0.15, 0.2) is 0 Å². The van der Waals surface area contributed by atoms with Crippen molar-refractivity contribution in [1.82, 2.24) is 0 Å². The number of hydrogen-bond donors (Lipinski definition) is 0. The first-order valence-electron chi connectivity index (χ1n) is 4.06. The lowest BCUT2D eigenvalue weighted by Gasteiger charge is -2.03.